The third kappa shape index (κ3) is 5.27. The first-order chi connectivity index (χ1) is 3.91. The van der Waals surface area contributed by atoms with Crippen LogP contribution < -0.4 is 33.5 Å². The molecule has 0 aliphatic heterocycles. The first-order valence-electron chi connectivity index (χ1n) is 1.83. The molecule has 0 rings (SSSR count). The second kappa shape index (κ2) is 6.27. The number of hydrazone groups is 1. The molecule has 0 saturated carbocycles. The van der Waals surface area contributed by atoms with Crippen molar-refractivity contribution in [3.63, 3.8) is 0 Å². The fourth-order valence-electron chi connectivity index (χ4n) is 0.135. The number of hydrazine groups is 5. The zero-order valence-electron chi connectivity index (χ0n) is 4.23. The van der Waals surface area contributed by atoms with E-state index in [1.54, 1.807) is 0 Å². The Morgan fingerprint density at radius 3 is 2.50 bits per heavy atom. The van der Waals surface area contributed by atoms with Gasteiger partial charge in [0.2, 0.25) is 0 Å². The van der Waals surface area contributed by atoms with Crippen LogP contribution in [0, 0.1) is 0 Å². The van der Waals surface area contributed by atoms with Crippen molar-refractivity contribution in [2.75, 3.05) is 0 Å². The Labute approximate surface area is 46.5 Å². The molecule has 0 spiro atoms. The molecule has 0 aromatic rings. The summed E-state index contributed by atoms with van der Waals surface area (Å²) in [5.41, 5.74) is 11.4. The fourth-order valence-corrected chi connectivity index (χ4v) is 0.135. The van der Waals surface area contributed by atoms with Crippen molar-refractivity contribution in [3.05, 3.63) is 0 Å². The Kier molecular flexibility index (Phi) is 5.70. The summed E-state index contributed by atoms with van der Waals surface area (Å²) >= 11 is 0. The predicted octanol–water partition coefficient (Wildman–Crippen LogP) is -2.92. The number of nitrogens with zero attached hydrogens (tertiary/aromatic N) is 1. The minimum atomic E-state index is 2.10. The van der Waals surface area contributed by atoms with Crippen molar-refractivity contribution in [1.82, 2.24) is 27.7 Å². The van der Waals surface area contributed by atoms with Gasteiger partial charge in [0.15, 0.2) is 0 Å². The third-order valence-corrected chi connectivity index (χ3v) is 0.332. The monoisotopic (exact) mass is 119 g/mol. The molecular weight excluding hydrogens is 110 g/mol. The Hall–Kier alpha value is -0.730. The minimum Gasteiger partial charge on any atom is -0.257 e. The Balaban J connectivity index is 2.62. The Morgan fingerprint density at radius 2 is 2.00 bits per heavy atom. The molecule has 0 aliphatic carbocycles. The second-order valence-electron chi connectivity index (χ2n) is 0.789. The van der Waals surface area contributed by atoms with E-state index in [0.717, 1.165) is 0 Å². The topological polar surface area (TPSA) is 98.5 Å². The molecule has 0 radical (unpaired) electrons. The van der Waals surface area contributed by atoms with Crippen LogP contribution in [0.1, 0.15) is 0 Å². The highest BCUT2D eigenvalue weighted by Crippen LogP contribution is 1.32. The van der Waals surface area contributed by atoms with E-state index in [1.807, 2.05) is 0 Å². The van der Waals surface area contributed by atoms with Crippen molar-refractivity contribution in [2.24, 2.45) is 10.9 Å². The van der Waals surface area contributed by atoms with Gasteiger partial charge in [-0.05, 0) is 0 Å². The molecule has 0 aromatic heterocycles. The van der Waals surface area contributed by atoms with E-state index in [9.17, 15) is 0 Å². The van der Waals surface area contributed by atoms with Crippen molar-refractivity contribution in [3.8, 4) is 0 Å². The molecule has 7 heteroatoms. The highest BCUT2D eigenvalue weighted by Gasteiger charge is 1.69. The third-order valence-electron chi connectivity index (χ3n) is 0.332. The van der Waals surface area contributed by atoms with Gasteiger partial charge in [0, 0.05) is 6.72 Å². The van der Waals surface area contributed by atoms with Crippen LogP contribution in [-0.2, 0) is 0 Å². The van der Waals surface area contributed by atoms with Crippen LogP contribution >= 0.6 is 0 Å². The molecule has 0 atom stereocenters. The van der Waals surface area contributed by atoms with Crippen molar-refractivity contribution >= 4 is 6.72 Å². The molecule has 48 valence electrons. The van der Waals surface area contributed by atoms with E-state index in [4.69, 9.17) is 5.84 Å². The largest absolute Gasteiger partial charge is 0.257 e. The Morgan fingerprint density at radius 1 is 1.25 bits per heavy atom. The molecule has 0 amide bonds. The standard InChI is InChI=1S/CH9N7/c1-3-5-7-8-6-4-2/h4-8H,1-2H2. The second-order valence-corrected chi connectivity index (χ2v) is 0.789. The van der Waals surface area contributed by atoms with Crippen molar-refractivity contribution in [1.29, 1.82) is 0 Å². The number of nitrogens with one attached hydrogen (secondary N) is 5. The quantitative estimate of drug-likeness (QED) is 0.100. The van der Waals surface area contributed by atoms with Gasteiger partial charge in [-0.15, -0.1) is 5.53 Å². The molecule has 8 heavy (non-hydrogen) atoms. The Bertz CT molecular complexity index is 50.3. The lowest BCUT2D eigenvalue weighted by atomic mass is 11.7. The van der Waals surface area contributed by atoms with Crippen LogP contribution in [-0.4, -0.2) is 6.72 Å². The zero-order valence-corrected chi connectivity index (χ0v) is 4.23. The molecule has 0 unspecified atom stereocenters. The minimum absolute atomic E-state index is 2.10. The first-order valence-corrected chi connectivity index (χ1v) is 1.83. The summed E-state index contributed by atoms with van der Waals surface area (Å²) in [6, 6.07) is 0. The highest BCUT2D eigenvalue weighted by molar-refractivity contribution is 5.21. The molecule has 0 heterocycles. The molecule has 7 nitrogen and oxygen atoms in total. The van der Waals surface area contributed by atoms with E-state index in [-0.39, 0.29) is 0 Å². The van der Waals surface area contributed by atoms with Gasteiger partial charge in [-0.1, -0.05) is 0 Å². The van der Waals surface area contributed by atoms with Gasteiger partial charge >= 0.3 is 0 Å². The predicted molar refractivity (Wildman–Crippen MR) is 29.4 cm³/mol. The SMILES string of the molecule is C=NNNNNNN. The number of hydrogen-bond acceptors (Lipinski definition) is 7. The van der Waals surface area contributed by atoms with Gasteiger partial charge in [0.25, 0.3) is 0 Å². The first kappa shape index (κ1) is 7.27. The fraction of sp³-hybridized carbons (Fsp3) is 0. The van der Waals surface area contributed by atoms with Gasteiger partial charge in [-0.25, -0.2) is 5.53 Å². The van der Waals surface area contributed by atoms with E-state index < -0.39 is 0 Å². The summed E-state index contributed by atoms with van der Waals surface area (Å²) in [5.74, 6) is 4.77. The summed E-state index contributed by atoms with van der Waals surface area (Å²) in [5, 5.41) is 3.23. The lowest BCUT2D eigenvalue weighted by Gasteiger charge is -2.03. The smallest absolute Gasteiger partial charge is 0.0121 e. The lowest BCUT2D eigenvalue weighted by molar-refractivity contribution is 0.334. The van der Waals surface area contributed by atoms with Gasteiger partial charge in [-0.2, -0.15) is 21.7 Å². The van der Waals surface area contributed by atoms with Crippen LogP contribution in [0.3, 0.4) is 0 Å². The van der Waals surface area contributed by atoms with E-state index in [1.165, 1.54) is 0 Å². The van der Waals surface area contributed by atoms with Crippen molar-refractivity contribution < 1.29 is 0 Å². The van der Waals surface area contributed by atoms with E-state index in [0.29, 0.717) is 0 Å². The maximum atomic E-state index is 4.77. The molecule has 0 aliphatic rings. The van der Waals surface area contributed by atoms with Crippen LogP contribution in [0.2, 0.25) is 0 Å². The average Bonchev–Trinajstić information content (AvgIpc) is 1.81. The molecule has 7 N–H and O–H groups in total. The maximum absolute atomic E-state index is 4.77. The molecule has 0 fully saturated rings. The summed E-state index contributed by atoms with van der Waals surface area (Å²) < 4.78 is 0. The van der Waals surface area contributed by atoms with Gasteiger partial charge < -0.3 is 0 Å². The number of nitrogens with two attached hydrogens (primary N) is 1. The summed E-state index contributed by atoms with van der Waals surface area (Å²) in [6.07, 6.45) is 0. The van der Waals surface area contributed by atoms with Gasteiger partial charge in [0.1, 0.15) is 0 Å². The van der Waals surface area contributed by atoms with E-state index >= 15 is 0 Å². The average molecular weight is 119 g/mol. The highest BCUT2D eigenvalue weighted by atomic mass is 15.9. The van der Waals surface area contributed by atoms with Crippen LogP contribution in [0.4, 0.5) is 0 Å². The normalized spacial score (nSPS) is 8.62. The van der Waals surface area contributed by atoms with Crippen LogP contribution in [0.25, 0.3) is 0 Å². The number of hydrogen-bond donors (Lipinski definition) is 6. The van der Waals surface area contributed by atoms with Crippen LogP contribution in [0.5, 0.6) is 0 Å². The van der Waals surface area contributed by atoms with Gasteiger partial charge in [0.05, 0.1) is 0 Å². The maximum Gasteiger partial charge on any atom is 0.0121 e. The molecular formula is CH9N7. The summed E-state index contributed by atoms with van der Waals surface area (Å²) in [4.78, 5) is 0. The summed E-state index contributed by atoms with van der Waals surface area (Å²) in [7, 11) is 0. The molecule has 0 saturated heterocycles. The zero-order chi connectivity index (χ0) is 6.24. The lowest BCUT2D eigenvalue weighted by Crippen LogP contribution is -2.56. The molecule has 0 aromatic carbocycles. The van der Waals surface area contributed by atoms with E-state index in [2.05, 4.69) is 39.5 Å². The van der Waals surface area contributed by atoms with Gasteiger partial charge in [-0.3, -0.25) is 5.84 Å². The van der Waals surface area contributed by atoms with Crippen molar-refractivity contribution in [2.45, 2.75) is 0 Å². The summed E-state index contributed by atoms with van der Waals surface area (Å²) in [6.45, 7) is 3.12. The van der Waals surface area contributed by atoms with Crippen LogP contribution in [0.15, 0.2) is 5.10 Å². The number of rotatable bonds is 5. The molecule has 0 bridgehead atoms.